The highest BCUT2D eigenvalue weighted by Crippen LogP contribution is 2.27. The number of carboxylic acids is 1. The molecule has 4 nitrogen and oxygen atoms in total. The monoisotopic (exact) mass is 297 g/mol. The van der Waals surface area contributed by atoms with Crippen LogP contribution in [0.5, 0.6) is 5.75 Å². The van der Waals surface area contributed by atoms with E-state index in [4.69, 9.17) is 15.6 Å². The Balaban J connectivity index is 2.43. The molecular formula is C15H23NO3S. The van der Waals surface area contributed by atoms with E-state index in [2.05, 4.69) is 6.07 Å². The van der Waals surface area contributed by atoms with Gasteiger partial charge in [-0.1, -0.05) is 6.07 Å². The molecule has 0 saturated heterocycles. The molecule has 112 valence electrons. The highest BCUT2D eigenvalue weighted by molar-refractivity contribution is 8.00. The zero-order valence-corrected chi connectivity index (χ0v) is 13.3. The Morgan fingerprint density at radius 3 is 2.40 bits per heavy atom. The number of nitrogens with two attached hydrogens (primary N) is 1. The molecule has 0 spiro atoms. The first-order valence-electron chi connectivity index (χ1n) is 6.56. The van der Waals surface area contributed by atoms with Gasteiger partial charge in [0.25, 0.3) is 0 Å². The number of benzene rings is 1. The Kier molecular flexibility index (Phi) is 5.89. The number of aliphatic carboxylic acids is 1. The Bertz CT molecular complexity index is 454. The van der Waals surface area contributed by atoms with E-state index in [-0.39, 0.29) is 0 Å². The summed E-state index contributed by atoms with van der Waals surface area (Å²) in [6, 6.07) is 5.20. The van der Waals surface area contributed by atoms with Crippen molar-refractivity contribution in [3.63, 3.8) is 0 Å². The Morgan fingerprint density at radius 2 is 1.90 bits per heavy atom. The summed E-state index contributed by atoms with van der Waals surface area (Å²) in [6.07, 6.45) is 0. The lowest BCUT2D eigenvalue weighted by Crippen LogP contribution is -2.47. The molecule has 0 amide bonds. The van der Waals surface area contributed by atoms with E-state index in [1.807, 2.05) is 39.8 Å². The minimum atomic E-state index is -0.974. The molecule has 0 aromatic heterocycles. The molecule has 1 atom stereocenters. The number of carbonyl (C=O) groups is 1. The summed E-state index contributed by atoms with van der Waals surface area (Å²) in [7, 11) is 0. The fourth-order valence-electron chi connectivity index (χ4n) is 1.87. The first-order chi connectivity index (χ1) is 9.22. The van der Waals surface area contributed by atoms with Gasteiger partial charge >= 0.3 is 5.97 Å². The van der Waals surface area contributed by atoms with Crippen molar-refractivity contribution in [2.45, 2.75) is 38.5 Å². The summed E-state index contributed by atoms with van der Waals surface area (Å²) in [6.45, 7) is 8.27. The molecule has 1 aromatic rings. The maximum atomic E-state index is 10.9. The van der Waals surface area contributed by atoms with Crippen molar-refractivity contribution in [3.8, 4) is 5.75 Å². The van der Waals surface area contributed by atoms with Crippen LogP contribution in [0.2, 0.25) is 0 Å². The van der Waals surface area contributed by atoms with Crippen LogP contribution < -0.4 is 10.5 Å². The molecule has 1 aromatic carbocycles. The topological polar surface area (TPSA) is 72.5 Å². The third kappa shape index (κ3) is 5.06. The van der Waals surface area contributed by atoms with Crippen LogP contribution in [0, 0.1) is 13.8 Å². The quantitative estimate of drug-likeness (QED) is 0.757. The van der Waals surface area contributed by atoms with E-state index < -0.39 is 16.8 Å². The van der Waals surface area contributed by atoms with Crippen LogP contribution in [0.15, 0.2) is 18.2 Å². The Morgan fingerprint density at radius 1 is 1.35 bits per heavy atom. The van der Waals surface area contributed by atoms with Crippen LogP contribution in [0.3, 0.4) is 0 Å². The van der Waals surface area contributed by atoms with Crippen LogP contribution in [-0.4, -0.2) is 34.2 Å². The van der Waals surface area contributed by atoms with Crippen LogP contribution in [0.4, 0.5) is 0 Å². The normalized spacial score (nSPS) is 13.1. The SMILES string of the molecule is Cc1cc(C)cc(OCCSC(C)(C)[C@H](N)C(=O)O)c1. The van der Waals surface area contributed by atoms with E-state index in [0.717, 1.165) is 5.75 Å². The second kappa shape index (κ2) is 6.99. The smallest absolute Gasteiger partial charge is 0.321 e. The van der Waals surface area contributed by atoms with E-state index in [1.54, 1.807) is 0 Å². The summed E-state index contributed by atoms with van der Waals surface area (Å²) in [4.78, 5) is 10.9. The number of hydrogen-bond donors (Lipinski definition) is 2. The van der Waals surface area contributed by atoms with Crippen molar-refractivity contribution >= 4 is 17.7 Å². The highest BCUT2D eigenvalue weighted by atomic mass is 32.2. The van der Waals surface area contributed by atoms with Crippen molar-refractivity contribution in [1.29, 1.82) is 0 Å². The first kappa shape index (κ1) is 16.9. The molecule has 0 saturated carbocycles. The second-order valence-electron chi connectivity index (χ2n) is 5.44. The van der Waals surface area contributed by atoms with E-state index >= 15 is 0 Å². The van der Waals surface area contributed by atoms with Gasteiger partial charge in [-0.2, -0.15) is 0 Å². The fourth-order valence-corrected chi connectivity index (χ4v) is 2.84. The number of ether oxygens (including phenoxy) is 1. The first-order valence-corrected chi connectivity index (χ1v) is 7.54. The molecule has 0 aliphatic heterocycles. The molecule has 0 aliphatic rings. The van der Waals surface area contributed by atoms with Crippen LogP contribution in [0.1, 0.15) is 25.0 Å². The van der Waals surface area contributed by atoms with Gasteiger partial charge in [0.1, 0.15) is 11.8 Å². The molecule has 0 fully saturated rings. The predicted molar refractivity (Wildman–Crippen MR) is 83.6 cm³/mol. The number of aryl methyl sites for hydroxylation is 2. The molecule has 3 N–H and O–H groups in total. The van der Waals surface area contributed by atoms with Gasteiger partial charge in [-0.15, -0.1) is 11.8 Å². The van der Waals surface area contributed by atoms with Gasteiger partial charge in [0.05, 0.1) is 6.61 Å². The summed E-state index contributed by atoms with van der Waals surface area (Å²) in [5.74, 6) is 0.571. The highest BCUT2D eigenvalue weighted by Gasteiger charge is 2.32. The molecular weight excluding hydrogens is 274 g/mol. The summed E-state index contributed by atoms with van der Waals surface area (Å²) >= 11 is 1.51. The molecule has 0 bridgehead atoms. The Hall–Kier alpha value is -1.20. The van der Waals surface area contributed by atoms with Gasteiger partial charge in [0, 0.05) is 10.5 Å². The Labute approximate surface area is 124 Å². The van der Waals surface area contributed by atoms with Gasteiger partial charge in [0.2, 0.25) is 0 Å². The minimum Gasteiger partial charge on any atom is -0.493 e. The van der Waals surface area contributed by atoms with Crippen molar-refractivity contribution in [3.05, 3.63) is 29.3 Å². The van der Waals surface area contributed by atoms with Crippen molar-refractivity contribution in [1.82, 2.24) is 0 Å². The average Bonchev–Trinajstić information content (AvgIpc) is 2.32. The second-order valence-corrected chi connectivity index (χ2v) is 7.19. The summed E-state index contributed by atoms with van der Waals surface area (Å²) < 4.78 is 5.18. The number of carboxylic acid groups (broad SMARTS) is 1. The molecule has 1 rings (SSSR count). The van der Waals surface area contributed by atoms with Crippen LogP contribution in [-0.2, 0) is 4.79 Å². The van der Waals surface area contributed by atoms with Crippen molar-refractivity contribution in [2.24, 2.45) is 5.73 Å². The van der Waals surface area contributed by atoms with E-state index in [9.17, 15) is 4.79 Å². The van der Waals surface area contributed by atoms with Crippen LogP contribution in [0.25, 0.3) is 0 Å². The fraction of sp³-hybridized carbons (Fsp3) is 0.533. The predicted octanol–water partition coefficient (Wildman–Crippen LogP) is 2.61. The lowest BCUT2D eigenvalue weighted by molar-refractivity contribution is -0.139. The van der Waals surface area contributed by atoms with Gasteiger partial charge in [0.15, 0.2) is 0 Å². The molecule has 0 radical (unpaired) electrons. The van der Waals surface area contributed by atoms with Gasteiger partial charge in [-0.3, -0.25) is 4.79 Å². The number of thioether (sulfide) groups is 1. The largest absolute Gasteiger partial charge is 0.493 e. The molecule has 0 heterocycles. The molecule has 20 heavy (non-hydrogen) atoms. The van der Waals surface area contributed by atoms with E-state index in [0.29, 0.717) is 12.4 Å². The molecule has 0 unspecified atom stereocenters. The molecule has 0 aliphatic carbocycles. The summed E-state index contributed by atoms with van der Waals surface area (Å²) in [5.41, 5.74) is 8.00. The maximum absolute atomic E-state index is 10.9. The molecule has 5 heteroatoms. The van der Waals surface area contributed by atoms with Crippen molar-refractivity contribution < 1.29 is 14.6 Å². The summed E-state index contributed by atoms with van der Waals surface area (Å²) in [5, 5.41) is 8.94. The standard InChI is InChI=1S/C15H23NO3S/c1-10-7-11(2)9-12(8-10)19-5-6-20-15(3,4)13(16)14(17)18/h7-9,13H,5-6,16H2,1-4H3,(H,17,18)/t13-/m1/s1. The number of hydrogen-bond acceptors (Lipinski definition) is 4. The lowest BCUT2D eigenvalue weighted by atomic mass is 10.1. The third-order valence-electron chi connectivity index (χ3n) is 3.04. The van der Waals surface area contributed by atoms with Crippen LogP contribution >= 0.6 is 11.8 Å². The maximum Gasteiger partial charge on any atom is 0.321 e. The van der Waals surface area contributed by atoms with Gasteiger partial charge in [-0.25, -0.2) is 0 Å². The zero-order chi connectivity index (χ0) is 15.3. The van der Waals surface area contributed by atoms with Crippen molar-refractivity contribution in [2.75, 3.05) is 12.4 Å². The van der Waals surface area contributed by atoms with Gasteiger partial charge < -0.3 is 15.6 Å². The third-order valence-corrected chi connectivity index (χ3v) is 4.41. The van der Waals surface area contributed by atoms with E-state index in [1.165, 1.54) is 22.9 Å². The number of rotatable bonds is 7. The minimum absolute atomic E-state index is 0.516. The zero-order valence-electron chi connectivity index (χ0n) is 12.5. The lowest BCUT2D eigenvalue weighted by Gasteiger charge is -2.27. The van der Waals surface area contributed by atoms with Gasteiger partial charge in [-0.05, 0) is 51.0 Å². The average molecular weight is 297 g/mol.